The minimum absolute atomic E-state index is 0.0322. The third-order valence-electron chi connectivity index (χ3n) is 5.12. The van der Waals surface area contributed by atoms with Gasteiger partial charge >= 0.3 is 11.9 Å². The SMILES string of the molecule is O=C(Oc1cc2c(cc1Cl)-c1cc(Cl)c(OC(=O)c3cccnc3)cc1C2=O)c1cccnc1. The van der Waals surface area contributed by atoms with Gasteiger partial charge < -0.3 is 9.47 Å². The molecule has 0 radical (unpaired) electrons. The van der Waals surface area contributed by atoms with Crippen LogP contribution in [0.25, 0.3) is 11.1 Å². The van der Waals surface area contributed by atoms with Crippen molar-refractivity contribution in [1.82, 2.24) is 9.97 Å². The number of pyridine rings is 2. The third kappa shape index (κ3) is 3.91. The van der Waals surface area contributed by atoms with Crippen molar-refractivity contribution < 1.29 is 23.9 Å². The summed E-state index contributed by atoms with van der Waals surface area (Å²) in [5.74, 6) is -1.61. The summed E-state index contributed by atoms with van der Waals surface area (Å²) in [6.07, 6.45) is 5.78. The third-order valence-corrected chi connectivity index (χ3v) is 5.71. The molecule has 0 N–H and O–H groups in total. The molecule has 7 nitrogen and oxygen atoms in total. The summed E-state index contributed by atoms with van der Waals surface area (Å²) in [6.45, 7) is 0. The van der Waals surface area contributed by atoms with E-state index in [2.05, 4.69) is 9.97 Å². The van der Waals surface area contributed by atoms with Gasteiger partial charge in [0.05, 0.1) is 21.2 Å². The number of hydrogen-bond donors (Lipinski definition) is 0. The van der Waals surface area contributed by atoms with Gasteiger partial charge in [0.1, 0.15) is 0 Å². The molecule has 1 aliphatic carbocycles. The van der Waals surface area contributed by atoms with Gasteiger partial charge in [0.25, 0.3) is 0 Å². The fraction of sp³-hybridized carbons (Fsp3) is 0. The van der Waals surface area contributed by atoms with Gasteiger partial charge in [-0.25, -0.2) is 9.59 Å². The molecule has 0 saturated heterocycles. The summed E-state index contributed by atoms with van der Waals surface area (Å²) in [4.78, 5) is 45.7. The molecule has 5 rings (SSSR count). The summed E-state index contributed by atoms with van der Waals surface area (Å²) in [7, 11) is 0. The van der Waals surface area contributed by atoms with Crippen LogP contribution in [0, 0.1) is 0 Å². The number of carbonyl (C=O) groups excluding carboxylic acids is 3. The monoisotopic (exact) mass is 490 g/mol. The fourth-order valence-corrected chi connectivity index (χ4v) is 3.92. The minimum Gasteiger partial charge on any atom is -0.421 e. The number of benzene rings is 2. The van der Waals surface area contributed by atoms with Crippen LogP contribution in [-0.2, 0) is 0 Å². The first kappa shape index (κ1) is 21.8. The lowest BCUT2D eigenvalue weighted by Gasteiger charge is -2.09. The minimum atomic E-state index is -0.662. The van der Waals surface area contributed by atoms with Crippen LogP contribution in [0.1, 0.15) is 36.6 Å². The molecule has 2 heterocycles. The second-order valence-electron chi connectivity index (χ2n) is 7.25. The molecule has 2 aromatic carbocycles. The van der Waals surface area contributed by atoms with Gasteiger partial charge in [-0.3, -0.25) is 14.8 Å². The molecule has 4 aromatic rings. The van der Waals surface area contributed by atoms with Crippen LogP contribution in [0.5, 0.6) is 11.5 Å². The van der Waals surface area contributed by atoms with Gasteiger partial charge in [0.2, 0.25) is 0 Å². The number of hydrogen-bond acceptors (Lipinski definition) is 7. The highest BCUT2D eigenvalue weighted by atomic mass is 35.5. The Hall–Kier alpha value is -4.07. The quantitative estimate of drug-likeness (QED) is 0.244. The zero-order valence-electron chi connectivity index (χ0n) is 17.1. The number of esters is 2. The first-order valence-electron chi connectivity index (χ1n) is 9.89. The number of aromatic nitrogens is 2. The highest BCUT2D eigenvalue weighted by Crippen LogP contribution is 2.45. The molecule has 2 aromatic heterocycles. The number of ketones is 1. The van der Waals surface area contributed by atoms with E-state index in [0.29, 0.717) is 11.1 Å². The smallest absolute Gasteiger partial charge is 0.345 e. The number of rotatable bonds is 4. The molecular formula is C25H12Cl2N2O5. The van der Waals surface area contributed by atoms with E-state index in [1.54, 1.807) is 24.3 Å². The fourth-order valence-electron chi connectivity index (χ4n) is 3.51. The van der Waals surface area contributed by atoms with Crippen LogP contribution in [0.3, 0.4) is 0 Å². The van der Waals surface area contributed by atoms with Crippen LogP contribution in [0.2, 0.25) is 10.0 Å². The van der Waals surface area contributed by atoms with Crippen molar-refractivity contribution in [2.24, 2.45) is 0 Å². The molecule has 166 valence electrons. The van der Waals surface area contributed by atoms with Crippen molar-refractivity contribution in [3.05, 3.63) is 106 Å². The van der Waals surface area contributed by atoms with Gasteiger partial charge in [0, 0.05) is 35.9 Å². The van der Waals surface area contributed by atoms with Crippen LogP contribution >= 0.6 is 23.2 Å². The van der Waals surface area contributed by atoms with E-state index in [0.717, 1.165) is 0 Å². The van der Waals surface area contributed by atoms with Crippen LogP contribution in [0.15, 0.2) is 73.3 Å². The summed E-state index contributed by atoms with van der Waals surface area (Å²) in [5, 5.41) is 0.277. The first-order chi connectivity index (χ1) is 16.4. The van der Waals surface area contributed by atoms with Crippen LogP contribution in [-0.4, -0.2) is 27.7 Å². The molecule has 1 aliphatic rings. The van der Waals surface area contributed by atoms with Crippen molar-refractivity contribution in [2.75, 3.05) is 0 Å². The van der Waals surface area contributed by atoms with E-state index in [1.807, 2.05) is 0 Å². The summed E-state index contributed by atoms with van der Waals surface area (Å²) >= 11 is 12.7. The van der Waals surface area contributed by atoms with Gasteiger partial charge in [-0.05, 0) is 59.7 Å². The van der Waals surface area contributed by atoms with Gasteiger partial charge in [0.15, 0.2) is 17.3 Å². The standard InChI is InChI=1S/C25H12Cl2N2O5/c26-19-7-15-16-8-20(27)22(34-25(32)14-4-2-6-29-12-14)10-18(16)23(30)17(15)9-21(19)33-24(31)13-3-1-5-28-11-13/h1-12H. The number of fused-ring (bicyclic) bond motifs is 3. The Morgan fingerprint density at radius 1 is 0.676 bits per heavy atom. The molecule has 34 heavy (non-hydrogen) atoms. The summed E-state index contributed by atoms with van der Waals surface area (Å²) in [5.41, 5.74) is 2.08. The predicted molar refractivity (Wildman–Crippen MR) is 124 cm³/mol. The maximum absolute atomic E-state index is 13.1. The number of carbonyl (C=O) groups is 3. The first-order valence-corrected chi connectivity index (χ1v) is 10.6. The number of nitrogens with zero attached hydrogens (tertiary/aromatic N) is 2. The second kappa shape index (κ2) is 8.70. The van der Waals surface area contributed by atoms with Gasteiger partial charge in [-0.2, -0.15) is 0 Å². The lowest BCUT2D eigenvalue weighted by atomic mass is 10.1. The molecule has 0 spiro atoms. The Morgan fingerprint density at radius 3 is 1.50 bits per heavy atom. The van der Waals surface area contributed by atoms with Gasteiger partial charge in [-0.15, -0.1) is 0 Å². The molecule has 0 unspecified atom stereocenters. The van der Waals surface area contributed by atoms with Crippen molar-refractivity contribution in [3.63, 3.8) is 0 Å². The largest absolute Gasteiger partial charge is 0.421 e. The van der Waals surface area contributed by atoms with E-state index < -0.39 is 11.9 Å². The zero-order valence-corrected chi connectivity index (χ0v) is 18.6. The highest BCUT2D eigenvalue weighted by molar-refractivity contribution is 6.35. The van der Waals surface area contributed by atoms with E-state index in [4.69, 9.17) is 32.7 Å². The molecule has 0 saturated carbocycles. The summed E-state index contributed by atoms with van der Waals surface area (Å²) < 4.78 is 10.8. The zero-order chi connectivity index (χ0) is 23.8. The van der Waals surface area contributed by atoms with Crippen LogP contribution < -0.4 is 9.47 Å². The normalized spacial score (nSPS) is 11.5. The number of halogens is 2. The molecule has 0 aliphatic heterocycles. The molecule has 0 atom stereocenters. The maximum Gasteiger partial charge on any atom is 0.345 e. The molecule has 0 fully saturated rings. The molecule has 0 amide bonds. The lowest BCUT2D eigenvalue weighted by molar-refractivity contribution is 0.0725. The predicted octanol–water partition coefficient (Wildman–Crippen LogP) is 5.43. The van der Waals surface area contributed by atoms with E-state index in [9.17, 15) is 14.4 Å². The van der Waals surface area contributed by atoms with E-state index in [1.165, 1.54) is 49.1 Å². The highest BCUT2D eigenvalue weighted by Gasteiger charge is 2.31. The van der Waals surface area contributed by atoms with Gasteiger partial charge in [-0.1, -0.05) is 23.2 Å². The topological polar surface area (TPSA) is 95.5 Å². The second-order valence-corrected chi connectivity index (χ2v) is 8.06. The van der Waals surface area contributed by atoms with Crippen molar-refractivity contribution >= 4 is 40.9 Å². The van der Waals surface area contributed by atoms with E-state index >= 15 is 0 Å². The summed E-state index contributed by atoms with van der Waals surface area (Å²) in [6, 6.07) is 12.2. The Balaban J connectivity index is 1.46. The lowest BCUT2D eigenvalue weighted by Crippen LogP contribution is -2.10. The average molecular weight is 491 g/mol. The van der Waals surface area contributed by atoms with Crippen molar-refractivity contribution in [2.45, 2.75) is 0 Å². The Labute approximate surface area is 202 Å². The van der Waals surface area contributed by atoms with Crippen LogP contribution in [0.4, 0.5) is 0 Å². The Bertz CT molecular complexity index is 1360. The molecule has 9 heteroatoms. The average Bonchev–Trinajstić information content (AvgIpc) is 3.10. The van der Waals surface area contributed by atoms with Crippen molar-refractivity contribution in [3.8, 4) is 22.6 Å². The Morgan fingerprint density at radius 2 is 1.12 bits per heavy atom. The van der Waals surface area contributed by atoms with Crippen molar-refractivity contribution in [1.29, 1.82) is 0 Å². The van der Waals surface area contributed by atoms with E-state index in [-0.39, 0.29) is 49.6 Å². The molecule has 0 bridgehead atoms. The molecular weight excluding hydrogens is 479 g/mol. The Kier molecular flexibility index (Phi) is 5.57. The number of ether oxygens (including phenoxy) is 2. The maximum atomic E-state index is 13.1.